The molecule has 0 spiro atoms. The van der Waals surface area contributed by atoms with Crippen LogP contribution in [0.4, 0.5) is 4.39 Å². The third-order valence-corrected chi connectivity index (χ3v) is 5.22. The van der Waals surface area contributed by atoms with Gasteiger partial charge >= 0.3 is 0 Å². The Morgan fingerprint density at radius 1 is 1.00 bits per heavy atom. The first-order chi connectivity index (χ1) is 9.15. The second-order valence-electron chi connectivity index (χ2n) is 6.68. The molecule has 0 N–H and O–H groups in total. The van der Waals surface area contributed by atoms with Crippen LogP contribution in [0.2, 0.25) is 0 Å². The van der Waals surface area contributed by atoms with E-state index in [0.29, 0.717) is 5.92 Å². The van der Waals surface area contributed by atoms with Crippen molar-refractivity contribution in [1.82, 2.24) is 4.90 Å². The molecule has 0 radical (unpaired) electrons. The van der Waals surface area contributed by atoms with Gasteiger partial charge in [0.1, 0.15) is 5.82 Å². The van der Waals surface area contributed by atoms with Crippen LogP contribution in [-0.4, -0.2) is 25.5 Å². The van der Waals surface area contributed by atoms with Crippen molar-refractivity contribution in [2.75, 3.05) is 20.6 Å². The first kappa shape index (κ1) is 13.1. The van der Waals surface area contributed by atoms with E-state index in [9.17, 15) is 4.39 Å². The SMILES string of the molecule is CN(C)CC1C2CCC(CC2)C1c1ccc(F)cc1. The van der Waals surface area contributed by atoms with Gasteiger partial charge in [-0.05, 0) is 81.1 Å². The number of fused-ring (bicyclic) bond motifs is 3. The predicted molar refractivity (Wildman–Crippen MR) is 76.6 cm³/mol. The molecule has 0 saturated heterocycles. The summed E-state index contributed by atoms with van der Waals surface area (Å²) < 4.78 is 13.1. The smallest absolute Gasteiger partial charge is 0.123 e. The summed E-state index contributed by atoms with van der Waals surface area (Å²) in [6.07, 6.45) is 5.55. The molecule has 2 bridgehead atoms. The van der Waals surface area contributed by atoms with Crippen molar-refractivity contribution in [1.29, 1.82) is 0 Å². The maximum atomic E-state index is 13.1. The van der Waals surface area contributed by atoms with Crippen molar-refractivity contribution in [3.8, 4) is 0 Å². The zero-order valence-corrected chi connectivity index (χ0v) is 12.0. The molecule has 2 heteroatoms. The molecule has 19 heavy (non-hydrogen) atoms. The molecule has 1 aromatic carbocycles. The highest BCUT2D eigenvalue weighted by molar-refractivity contribution is 5.24. The minimum Gasteiger partial charge on any atom is -0.309 e. The normalized spacial score (nSPS) is 33.9. The summed E-state index contributed by atoms with van der Waals surface area (Å²) >= 11 is 0. The Hall–Kier alpha value is -0.890. The Kier molecular flexibility index (Phi) is 3.62. The van der Waals surface area contributed by atoms with Gasteiger partial charge in [-0.3, -0.25) is 0 Å². The standard InChI is InChI=1S/C17H24FN/c1-19(2)11-16-12-3-5-13(6-4-12)17(16)14-7-9-15(18)10-8-14/h7-10,12-13,16-17H,3-6,11H2,1-2H3. The first-order valence-electron chi connectivity index (χ1n) is 7.55. The molecule has 0 heterocycles. The molecule has 0 amide bonds. The van der Waals surface area contributed by atoms with E-state index in [1.54, 1.807) is 12.1 Å². The molecule has 2 unspecified atom stereocenters. The third kappa shape index (κ3) is 2.55. The Morgan fingerprint density at radius 2 is 1.58 bits per heavy atom. The van der Waals surface area contributed by atoms with Crippen molar-refractivity contribution in [3.05, 3.63) is 35.6 Å². The molecular formula is C17H24FN. The summed E-state index contributed by atoms with van der Waals surface area (Å²) in [6, 6.07) is 7.29. The molecule has 1 nitrogen and oxygen atoms in total. The molecule has 0 aliphatic heterocycles. The summed E-state index contributed by atoms with van der Waals surface area (Å²) in [5.41, 5.74) is 1.36. The minimum absolute atomic E-state index is 0.117. The number of rotatable bonds is 3. The maximum absolute atomic E-state index is 13.1. The Balaban J connectivity index is 1.89. The molecule has 3 aliphatic rings. The molecular weight excluding hydrogens is 237 g/mol. The van der Waals surface area contributed by atoms with Crippen LogP contribution in [0, 0.1) is 23.6 Å². The van der Waals surface area contributed by atoms with Crippen LogP contribution in [0.5, 0.6) is 0 Å². The van der Waals surface area contributed by atoms with Crippen molar-refractivity contribution >= 4 is 0 Å². The van der Waals surface area contributed by atoms with Gasteiger partial charge in [0.05, 0.1) is 0 Å². The molecule has 0 aromatic heterocycles. The van der Waals surface area contributed by atoms with E-state index in [-0.39, 0.29) is 5.82 Å². The van der Waals surface area contributed by atoms with Gasteiger partial charge in [-0.2, -0.15) is 0 Å². The van der Waals surface area contributed by atoms with Gasteiger partial charge in [-0.25, -0.2) is 4.39 Å². The second-order valence-corrected chi connectivity index (χ2v) is 6.68. The average Bonchev–Trinajstić information content (AvgIpc) is 2.41. The average molecular weight is 261 g/mol. The second kappa shape index (κ2) is 5.24. The summed E-state index contributed by atoms with van der Waals surface area (Å²) in [4.78, 5) is 2.32. The summed E-state index contributed by atoms with van der Waals surface area (Å²) in [6.45, 7) is 1.17. The molecule has 1 aromatic rings. The number of hydrogen-bond donors (Lipinski definition) is 0. The van der Waals surface area contributed by atoms with E-state index in [2.05, 4.69) is 19.0 Å². The number of halogens is 1. The summed E-state index contributed by atoms with van der Waals surface area (Å²) in [5.74, 6) is 2.99. The summed E-state index contributed by atoms with van der Waals surface area (Å²) in [5, 5.41) is 0. The highest BCUT2D eigenvalue weighted by atomic mass is 19.1. The summed E-state index contributed by atoms with van der Waals surface area (Å²) in [7, 11) is 4.34. The predicted octanol–water partition coefficient (Wildman–Crippen LogP) is 3.91. The van der Waals surface area contributed by atoms with Gasteiger partial charge in [0.2, 0.25) is 0 Å². The molecule has 3 saturated carbocycles. The third-order valence-electron chi connectivity index (χ3n) is 5.22. The van der Waals surface area contributed by atoms with Gasteiger partial charge in [0, 0.05) is 6.54 Å². The van der Waals surface area contributed by atoms with Gasteiger partial charge in [-0.15, -0.1) is 0 Å². The lowest BCUT2D eigenvalue weighted by Gasteiger charge is -2.50. The number of hydrogen-bond acceptors (Lipinski definition) is 1. The van der Waals surface area contributed by atoms with Crippen LogP contribution >= 0.6 is 0 Å². The molecule has 2 atom stereocenters. The fraction of sp³-hybridized carbons (Fsp3) is 0.647. The largest absolute Gasteiger partial charge is 0.309 e. The molecule has 4 rings (SSSR count). The Labute approximate surface area is 115 Å². The lowest BCUT2D eigenvalue weighted by Crippen LogP contribution is -2.43. The monoisotopic (exact) mass is 261 g/mol. The van der Waals surface area contributed by atoms with Crippen molar-refractivity contribution in [3.63, 3.8) is 0 Å². The highest BCUT2D eigenvalue weighted by Gasteiger charge is 2.43. The molecule has 104 valence electrons. The van der Waals surface area contributed by atoms with Crippen molar-refractivity contribution in [2.24, 2.45) is 17.8 Å². The lowest BCUT2D eigenvalue weighted by molar-refractivity contribution is 0.0507. The Bertz CT molecular complexity index is 417. The van der Waals surface area contributed by atoms with Gasteiger partial charge in [-0.1, -0.05) is 12.1 Å². The van der Waals surface area contributed by atoms with E-state index >= 15 is 0 Å². The number of nitrogens with zero attached hydrogens (tertiary/aromatic N) is 1. The number of benzene rings is 1. The van der Waals surface area contributed by atoms with Gasteiger partial charge < -0.3 is 4.90 Å². The Morgan fingerprint density at radius 3 is 2.16 bits per heavy atom. The zero-order chi connectivity index (χ0) is 13.4. The fourth-order valence-corrected chi connectivity index (χ4v) is 4.46. The van der Waals surface area contributed by atoms with Gasteiger partial charge in [0.25, 0.3) is 0 Å². The fourth-order valence-electron chi connectivity index (χ4n) is 4.46. The van der Waals surface area contributed by atoms with Crippen LogP contribution < -0.4 is 0 Å². The van der Waals surface area contributed by atoms with Crippen LogP contribution in [-0.2, 0) is 0 Å². The van der Waals surface area contributed by atoms with E-state index in [1.807, 2.05) is 12.1 Å². The van der Waals surface area contributed by atoms with Gasteiger partial charge in [0.15, 0.2) is 0 Å². The maximum Gasteiger partial charge on any atom is 0.123 e. The zero-order valence-electron chi connectivity index (χ0n) is 12.0. The van der Waals surface area contributed by atoms with Crippen LogP contribution in [0.1, 0.15) is 37.2 Å². The van der Waals surface area contributed by atoms with Crippen LogP contribution in [0.15, 0.2) is 24.3 Å². The van der Waals surface area contributed by atoms with Crippen LogP contribution in [0.25, 0.3) is 0 Å². The highest BCUT2D eigenvalue weighted by Crippen LogP contribution is 2.53. The quantitative estimate of drug-likeness (QED) is 0.797. The van der Waals surface area contributed by atoms with E-state index in [0.717, 1.165) is 17.8 Å². The lowest BCUT2D eigenvalue weighted by atomic mass is 9.57. The van der Waals surface area contributed by atoms with E-state index in [4.69, 9.17) is 0 Å². The van der Waals surface area contributed by atoms with E-state index < -0.39 is 0 Å². The molecule has 3 aliphatic carbocycles. The van der Waals surface area contributed by atoms with Crippen LogP contribution in [0.3, 0.4) is 0 Å². The minimum atomic E-state index is -0.117. The van der Waals surface area contributed by atoms with Crippen molar-refractivity contribution < 1.29 is 4.39 Å². The molecule has 3 fully saturated rings. The van der Waals surface area contributed by atoms with Crippen molar-refractivity contribution in [2.45, 2.75) is 31.6 Å². The topological polar surface area (TPSA) is 3.24 Å². The van der Waals surface area contributed by atoms with E-state index in [1.165, 1.54) is 37.8 Å². The first-order valence-corrected chi connectivity index (χ1v) is 7.55.